The van der Waals surface area contributed by atoms with Gasteiger partial charge in [0, 0.05) is 0 Å². The second-order valence-electron chi connectivity index (χ2n) is 3.56. The first kappa shape index (κ1) is 11.7. The average Bonchev–Trinajstić information content (AvgIpc) is 2.66. The molecule has 0 atom stereocenters. The van der Waals surface area contributed by atoms with E-state index >= 15 is 0 Å². The zero-order valence-electron chi connectivity index (χ0n) is 9.57. The predicted molar refractivity (Wildman–Crippen MR) is 65.9 cm³/mol. The molecule has 2 rings (SSSR count). The normalized spacial score (nSPS) is 10.9. The van der Waals surface area contributed by atoms with Crippen molar-refractivity contribution in [1.82, 2.24) is 14.9 Å². The number of nitrogens with zero attached hydrogens (tertiary/aromatic N) is 4. The number of nitrogens with two attached hydrogens (primary N) is 1. The maximum atomic E-state index is 9.29. The first-order valence-corrected chi connectivity index (χ1v) is 5.06. The SMILES string of the molecule is Cc1nnc(N/N=C/c2ccc(O)c(O)c2)n1N. The molecule has 8 nitrogen and oxygen atoms in total. The van der Waals surface area contributed by atoms with E-state index in [1.54, 1.807) is 13.0 Å². The van der Waals surface area contributed by atoms with Crippen molar-refractivity contribution in [1.29, 1.82) is 0 Å². The standard InChI is InChI=1S/C10H12N6O2/c1-6-13-15-10(16(6)11)14-12-5-7-2-3-8(17)9(18)4-7/h2-5,17-18H,11H2,1H3,(H,14,15)/b12-5+. The molecule has 0 aliphatic heterocycles. The van der Waals surface area contributed by atoms with Crippen LogP contribution in [0.15, 0.2) is 23.3 Å². The van der Waals surface area contributed by atoms with Crippen molar-refractivity contribution in [3.63, 3.8) is 0 Å². The number of aromatic nitrogens is 3. The molecule has 0 radical (unpaired) electrons. The molecule has 94 valence electrons. The number of hydrogen-bond donors (Lipinski definition) is 4. The third kappa shape index (κ3) is 2.32. The Hall–Kier alpha value is -2.77. The molecular formula is C10H12N6O2. The van der Waals surface area contributed by atoms with Crippen LogP contribution in [-0.2, 0) is 0 Å². The van der Waals surface area contributed by atoms with Gasteiger partial charge in [-0.05, 0) is 30.7 Å². The van der Waals surface area contributed by atoms with E-state index in [2.05, 4.69) is 20.7 Å². The van der Waals surface area contributed by atoms with Crippen LogP contribution in [0.4, 0.5) is 5.95 Å². The van der Waals surface area contributed by atoms with Crippen molar-refractivity contribution in [3.8, 4) is 11.5 Å². The van der Waals surface area contributed by atoms with Gasteiger partial charge in [0.25, 0.3) is 5.95 Å². The van der Waals surface area contributed by atoms with Crippen molar-refractivity contribution in [2.45, 2.75) is 6.92 Å². The van der Waals surface area contributed by atoms with Gasteiger partial charge in [-0.3, -0.25) is 0 Å². The van der Waals surface area contributed by atoms with Crippen LogP contribution in [0, 0.1) is 6.92 Å². The highest BCUT2D eigenvalue weighted by Gasteiger charge is 2.03. The van der Waals surface area contributed by atoms with Gasteiger partial charge in [0.1, 0.15) is 0 Å². The lowest BCUT2D eigenvalue weighted by molar-refractivity contribution is 0.403. The minimum Gasteiger partial charge on any atom is -0.504 e. The summed E-state index contributed by atoms with van der Waals surface area (Å²) in [7, 11) is 0. The van der Waals surface area contributed by atoms with Crippen LogP contribution in [-0.4, -0.2) is 31.3 Å². The minimum atomic E-state index is -0.211. The second-order valence-corrected chi connectivity index (χ2v) is 3.56. The lowest BCUT2D eigenvalue weighted by Crippen LogP contribution is -2.13. The third-order valence-electron chi connectivity index (χ3n) is 2.24. The van der Waals surface area contributed by atoms with Crippen molar-refractivity contribution < 1.29 is 10.2 Å². The van der Waals surface area contributed by atoms with Crippen molar-refractivity contribution >= 4 is 12.2 Å². The molecular weight excluding hydrogens is 236 g/mol. The molecule has 0 amide bonds. The van der Waals surface area contributed by atoms with E-state index in [9.17, 15) is 5.11 Å². The molecule has 0 unspecified atom stereocenters. The van der Waals surface area contributed by atoms with Crippen molar-refractivity contribution in [2.24, 2.45) is 5.10 Å². The fourth-order valence-electron chi connectivity index (χ4n) is 1.23. The van der Waals surface area contributed by atoms with E-state index in [4.69, 9.17) is 10.9 Å². The maximum Gasteiger partial charge on any atom is 0.263 e. The Kier molecular flexibility index (Phi) is 3.00. The summed E-state index contributed by atoms with van der Waals surface area (Å²) < 4.78 is 1.26. The lowest BCUT2D eigenvalue weighted by atomic mass is 10.2. The monoisotopic (exact) mass is 248 g/mol. The van der Waals surface area contributed by atoms with Gasteiger partial charge in [-0.15, -0.1) is 10.2 Å². The smallest absolute Gasteiger partial charge is 0.263 e. The van der Waals surface area contributed by atoms with E-state index in [-0.39, 0.29) is 11.5 Å². The number of phenols is 2. The molecule has 0 aliphatic carbocycles. The second kappa shape index (κ2) is 4.62. The zero-order chi connectivity index (χ0) is 13.1. The number of nitrogens with one attached hydrogen (secondary N) is 1. The van der Waals surface area contributed by atoms with Gasteiger partial charge in [0.05, 0.1) is 6.21 Å². The van der Waals surface area contributed by atoms with Crippen LogP contribution >= 0.6 is 0 Å². The van der Waals surface area contributed by atoms with Gasteiger partial charge < -0.3 is 16.1 Å². The van der Waals surface area contributed by atoms with E-state index in [0.717, 1.165) is 0 Å². The van der Waals surface area contributed by atoms with Gasteiger partial charge >= 0.3 is 0 Å². The number of anilines is 1. The van der Waals surface area contributed by atoms with Crippen LogP contribution in [0.2, 0.25) is 0 Å². The molecule has 1 aromatic heterocycles. The molecule has 8 heteroatoms. The summed E-state index contributed by atoms with van der Waals surface area (Å²) in [6, 6.07) is 4.34. The summed E-state index contributed by atoms with van der Waals surface area (Å²) in [5.74, 6) is 6.06. The van der Waals surface area contributed by atoms with Crippen LogP contribution in [0.25, 0.3) is 0 Å². The Morgan fingerprint density at radius 3 is 2.72 bits per heavy atom. The van der Waals surface area contributed by atoms with Gasteiger partial charge in [0.15, 0.2) is 17.3 Å². The van der Waals surface area contributed by atoms with E-state index < -0.39 is 0 Å². The number of rotatable bonds is 3. The summed E-state index contributed by atoms with van der Waals surface area (Å²) >= 11 is 0. The Bertz CT molecular complexity index is 592. The molecule has 5 N–H and O–H groups in total. The Morgan fingerprint density at radius 1 is 1.33 bits per heavy atom. The molecule has 1 aromatic carbocycles. The zero-order valence-corrected chi connectivity index (χ0v) is 9.57. The van der Waals surface area contributed by atoms with E-state index in [1.807, 2.05) is 0 Å². The number of hydrazone groups is 1. The summed E-state index contributed by atoms with van der Waals surface area (Å²) in [6.07, 6.45) is 1.45. The average molecular weight is 248 g/mol. The number of hydrogen-bond acceptors (Lipinski definition) is 7. The molecule has 0 saturated carbocycles. The fraction of sp³-hybridized carbons (Fsp3) is 0.100. The van der Waals surface area contributed by atoms with E-state index in [1.165, 1.54) is 23.0 Å². The predicted octanol–water partition coefficient (Wildman–Crippen LogP) is 0.158. The number of aromatic hydroxyl groups is 2. The lowest BCUT2D eigenvalue weighted by Gasteiger charge is -2.00. The molecule has 0 fully saturated rings. The highest BCUT2D eigenvalue weighted by Crippen LogP contribution is 2.23. The molecule has 0 bridgehead atoms. The number of aryl methyl sites for hydroxylation is 1. The molecule has 18 heavy (non-hydrogen) atoms. The van der Waals surface area contributed by atoms with Crippen LogP contribution in [0.3, 0.4) is 0 Å². The largest absolute Gasteiger partial charge is 0.504 e. The molecule has 0 saturated heterocycles. The van der Waals surface area contributed by atoms with E-state index in [0.29, 0.717) is 17.3 Å². The Balaban J connectivity index is 2.07. The Morgan fingerprint density at radius 2 is 2.11 bits per heavy atom. The summed E-state index contributed by atoms with van der Waals surface area (Å²) in [5.41, 5.74) is 3.21. The number of benzene rings is 1. The summed E-state index contributed by atoms with van der Waals surface area (Å²) in [5, 5.41) is 29.8. The fourth-order valence-corrected chi connectivity index (χ4v) is 1.23. The first-order chi connectivity index (χ1) is 8.58. The van der Waals surface area contributed by atoms with Crippen molar-refractivity contribution in [3.05, 3.63) is 29.6 Å². The van der Waals surface area contributed by atoms with Gasteiger partial charge in [-0.25, -0.2) is 10.1 Å². The van der Waals surface area contributed by atoms with Gasteiger partial charge in [0.2, 0.25) is 0 Å². The first-order valence-electron chi connectivity index (χ1n) is 5.06. The molecule has 1 heterocycles. The quantitative estimate of drug-likeness (QED) is 0.265. The highest BCUT2D eigenvalue weighted by molar-refractivity contribution is 5.81. The minimum absolute atomic E-state index is 0.183. The van der Waals surface area contributed by atoms with Crippen LogP contribution in [0.1, 0.15) is 11.4 Å². The highest BCUT2D eigenvalue weighted by atomic mass is 16.3. The maximum absolute atomic E-state index is 9.29. The van der Waals surface area contributed by atoms with Gasteiger partial charge in [-0.2, -0.15) is 5.10 Å². The molecule has 0 spiro atoms. The summed E-state index contributed by atoms with van der Waals surface area (Å²) in [4.78, 5) is 0. The topological polar surface area (TPSA) is 122 Å². The molecule has 0 aliphatic rings. The van der Waals surface area contributed by atoms with Gasteiger partial charge in [-0.1, -0.05) is 0 Å². The van der Waals surface area contributed by atoms with Crippen molar-refractivity contribution in [2.75, 3.05) is 11.3 Å². The number of phenolic OH excluding ortho intramolecular Hbond substituents is 2. The number of nitrogen functional groups attached to an aromatic ring is 1. The molecule has 2 aromatic rings. The third-order valence-corrected chi connectivity index (χ3v) is 2.24. The van der Waals surface area contributed by atoms with Crippen LogP contribution < -0.4 is 11.3 Å². The van der Waals surface area contributed by atoms with Crippen LogP contribution in [0.5, 0.6) is 11.5 Å². The summed E-state index contributed by atoms with van der Waals surface area (Å²) in [6.45, 7) is 1.71. The Labute approximate surface area is 102 Å².